The molecule has 0 amide bonds. The van der Waals surface area contributed by atoms with E-state index in [0.29, 0.717) is 45.5 Å². The highest BCUT2D eigenvalue weighted by Gasteiger charge is 2.12. The third-order valence-corrected chi connectivity index (χ3v) is 3.66. The minimum atomic E-state index is 0.507. The van der Waals surface area contributed by atoms with Gasteiger partial charge < -0.3 is 24.8 Å². The van der Waals surface area contributed by atoms with Crippen molar-refractivity contribution in [1.82, 2.24) is 4.90 Å². The molecule has 23 heavy (non-hydrogen) atoms. The molecule has 6 heteroatoms. The van der Waals surface area contributed by atoms with Crippen LogP contribution < -0.4 is 10.5 Å². The summed E-state index contributed by atoms with van der Waals surface area (Å²) < 4.78 is 16.5. The van der Waals surface area contributed by atoms with Crippen LogP contribution in [0.15, 0.2) is 23.2 Å². The quantitative estimate of drug-likeness (QED) is 0.469. The third-order valence-electron chi connectivity index (χ3n) is 3.66. The van der Waals surface area contributed by atoms with E-state index in [4.69, 9.17) is 19.9 Å². The normalized spacial score (nSPS) is 15.7. The van der Waals surface area contributed by atoms with Crippen molar-refractivity contribution < 1.29 is 14.2 Å². The molecule has 0 saturated carbocycles. The Balaban J connectivity index is 1.97. The van der Waals surface area contributed by atoms with Crippen LogP contribution in [0.4, 0.5) is 0 Å². The van der Waals surface area contributed by atoms with Crippen LogP contribution in [0.5, 0.6) is 5.75 Å². The Morgan fingerprint density at radius 1 is 1.30 bits per heavy atom. The fourth-order valence-electron chi connectivity index (χ4n) is 2.34. The summed E-state index contributed by atoms with van der Waals surface area (Å²) in [7, 11) is 0. The third kappa shape index (κ3) is 5.73. The second-order valence-electron chi connectivity index (χ2n) is 5.43. The molecule has 6 nitrogen and oxygen atoms in total. The fourth-order valence-corrected chi connectivity index (χ4v) is 2.34. The van der Waals surface area contributed by atoms with Gasteiger partial charge in [0.15, 0.2) is 5.96 Å². The predicted molar refractivity (Wildman–Crippen MR) is 90.9 cm³/mol. The average molecular weight is 321 g/mol. The predicted octanol–water partition coefficient (Wildman–Crippen LogP) is 1.56. The number of hydrogen-bond donors (Lipinski definition) is 1. The van der Waals surface area contributed by atoms with Gasteiger partial charge in [0.2, 0.25) is 0 Å². The molecule has 1 saturated heterocycles. The highest BCUT2D eigenvalue weighted by molar-refractivity contribution is 5.78. The van der Waals surface area contributed by atoms with E-state index < -0.39 is 0 Å². The summed E-state index contributed by atoms with van der Waals surface area (Å²) in [6.07, 6.45) is 0. The SMILES string of the molecule is CCOCCOc1cc(C)ccc1CN=C(N)N1CCOCC1. The number of nitrogens with zero attached hydrogens (tertiary/aromatic N) is 2. The lowest BCUT2D eigenvalue weighted by Gasteiger charge is -2.27. The summed E-state index contributed by atoms with van der Waals surface area (Å²) in [6, 6.07) is 6.13. The molecule has 128 valence electrons. The van der Waals surface area contributed by atoms with Crippen LogP contribution in [-0.4, -0.2) is 57.0 Å². The van der Waals surface area contributed by atoms with Crippen molar-refractivity contribution >= 4 is 5.96 Å². The lowest BCUT2D eigenvalue weighted by molar-refractivity contribution is 0.0674. The number of guanidine groups is 1. The van der Waals surface area contributed by atoms with Gasteiger partial charge in [-0.3, -0.25) is 0 Å². The number of benzene rings is 1. The van der Waals surface area contributed by atoms with Gasteiger partial charge in [-0.25, -0.2) is 4.99 Å². The monoisotopic (exact) mass is 321 g/mol. The molecule has 0 radical (unpaired) electrons. The van der Waals surface area contributed by atoms with Crippen molar-refractivity contribution in [3.63, 3.8) is 0 Å². The van der Waals surface area contributed by atoms with Crippen LogP contribution >= 0.6 is 0 Å². The number of morpholine rings is 1. The number of nitrogens with two attached hydrogens (primary N) is 1. The zero-order valence-electron chi connectivity index (χ0n) is 14.1. The van der Waals surface area contributed by atoms with Crippen molar-refractivity contribution in [2.75, 3.05) is 46.1 Å². The van der Waals surface area contributed by atoms with E-state index in [1.165, 1.54) is 0 Å². The summed E-state index contributed by atoms with van der Waals surface area (Å²) in [5, 5.41) is 0. The van der Waals surface area contributed by atoms with Crippen LogP contribution in [0.2, 0.25) is 0 Å². The molecule has 1 heterocycles. The van der Waals surface area contributed by atoms with Crippen LogP contribution in [0, 0.1) is 6.92 Å². The topological polar surface area (TPSA) is 69.3 Å². The first-order valence-electron chi connectivity index (χ1n) is 8.13. The Kier molecular flexibility index (Phi) is 7.16. The van der Waals surface area contributed by atoms with E-state index in [1.54, 1.807) is 0 Å². The number of ether oxygens (including phenoxy) is 3. The molecule has 1 aliphatic heterocycles. The van der Waals surface area contributed by atoms with Gasteiger partial charge in [0, 0.05) is 25.3 Å². The van der Waals surface area contributed by atoms with Gasteiger partial charge in [-0.2, -0.15) is 0 Å². The van der Waals surface area contributed by atoms with E-state index >= 15 is 0 Å². The zero-order valence-corrected chi connectivity index (χ0v) is 14.1. The van der Waals surface area contributed by atoms with E-state index in [0.717, 1.165) is 30.0 Å². The summed E-state index contributed by atoms with van der Waals surface area (Å²) in [4.78, 5) is 6.56. The molecule has 0 aromatic heterocycles. The van der Waals surface area contributed by atoms with Gasteiger partial charge in [-0.1, -0.05) is 12.1 Å². The second-order valence-corrected chi connectivity index (χ2v) is 5.43. The summed E-state index contributed by atoms with van der Waals surface area (Å²) in [5.41, 5.74) is 8.26. The largest absolute Gasteiger partial charge is 0.491 e. The highest BCUT2D eigenvalue weighted by Crippen LogP contribution is 2.21. The van der Waals surface area contributed by atoms with Gasteiger partial charge >= 0.3 is 0 Å². The fraction of sp³-hybridized carbons (Fsp3) is 0.588. The zero-order chi connectivity index (χ0) is 16.5. The van der Waals surface area contributed by atoms with Gasteiger partial charge in [-0.15, -0.1) is 0 Å². The van der Waals surface area contributed by atoms with Crippen molar-refractivity contribution in [3.8, 4) is 5.75 Å². The molecule has 0 atom stereocenters. The maximum absolute atomic E-state index is 6.08. The maximum Gasteiger partial charge on any atom is 0.191 e. The summed E-state index contributed by atoms with van der Waals surface area (Å²) in [5.74, 6) is 1.41. The molecule has 1 fully saturated rings. The molecule has 0 unspecified atom stereocenters. The number of aliphatic imine (C=N–C) groups is 1. The van der Waals surface area contributed by atoms with Crippen molar-refractivity contribution in [1.29, 1.82) is 0 Å². The van der Waals surface area contributed by atoms with E-state index in [1.807, 2.05) is 30.9 Å². The Hall–Kier alpha value is -1.79. The molecule has 1 aromatic carbocycles. The summed E-state index contributed by atoms with van der Waals surface area (Å²) in [6.45, 7) is 9.33. The van der Waals surface area contributed by atoms with Crippen LogP contribution in [0.3, 0.4) is 0 Å². The first kappa shape index (κ1) is 17.6. The van der Waals surface area contributed by atoms with Crippen LogP contribution in [0.25, 0.3) is 0 Å². The lowest BCUT2D eigenvalue weighted by atomic mass is 10.1. The molecule has 2 N–H and O–H groups in total. The van der Waals surface area contributed by atoms with E-state index in [-0.39, 0.29) is 0 Å². The van der Waals surface area contributed by atoms with Crippen molar-refractivity contribution in [2.24, 2.45) is 10.7 Å². The van der Waals surface area contributed by atoms with E-state index in [2.05, 4.69) is 11.1 Å². The van der Waals surface area contributed by atoms with Crippen molar-refractivity contribution in [3.05, 3.63) is 29.3 Å². The highest BCUT2D eigenvalue weighted by atomic mass is 16.5. The van der Waals surface area contributed by atoms with E-state index in [9.17, 15) is 0 Å². The molecule has 1 aromatic rings. The number of aryl methyl sites for hydroxylation is 1. The Morgan fingerprint density at radius 3 is 2.83 bits per heavy atom. The van der Waals surface area contributed by atoms with Gasteiger partial charge in [-0.05, 0) is 25.5 Å². The maximum atomic E-state index is 6.08. The van der Waals surface area contributed by atoms with Crippen LogP contribution in [0.1, 0.15) is 18.1 Å². The smallest absolute Gasteiger partial charge is 0.191 e. The first-order chi connectivity index (χ1) is 11.2. The standard InChI is InChI=1S/C17H27N3O3/c1-3-21-10-11-23-16-12-14(2)4-5-15(16)13-19-17(18)20-6-8-22-9-7-20/h4-5,12H,3,6-11,13H2,1-2H3,(H2,18,19). The number of rotatable bonds is 7. The Bertz CT molecular complexity index is 514. The molecule has 0 bridgehead atoms. The van der Waals surface area contributed by atoms with Gasteiger partial charge in [0.1, 0.15) is 12.4 Å². The van der Waals surface area contributed by atoms with Gasteiger partial charge in [0.25, 0.3) is 0 Å². The molecular formula is C17H27N3O3. The Morgan fingerprint density at radius 2 is 2.09 bits per heavy atom. The molecule has 0 spiro atoms. The minimum absolute atomic E-state index is 0.507. The van der Waals surface area contributed by atoms with Crippen molar-refractivity contribution in [2.45, 2.75) is 20.4 Å². The Labute approximate surface area is 138 Å². The first-order valence-corrected chi connectivity index (χ1v) is 8.13. The molecule has 1 aliphatic rings. The average Bonchev–Trinajstić information content (AvgIpc) is 2.58. The summed E-state index contributed by atoms with van der Waals surface area (Å²) >= 11 is 0. The van der Waals surface area contributed by atoms with Crippen LogP contribution in [-0.2, 0) is 16.0 Å². The van der Waals surface area contributed by atoms with Gasteiger partial charge in [0.05, 0.1) is 26.4 Å². The minimum Gasteiger partial charge on any atom is -0.491 e. The lowest BCUT2D eigenvalue weighted by Crippen LogP contribution is -2.44. The second kappa shape index (κ2) is 9.37. The molecular weight excluding hydrogens is 294 g/mol. The molecule has 0 aliphatic carbocycles. The molecule has 2 rings (SSSR count). The number of hydrogen-bond acceptors (Lipinski definition) is 4.